The van der Waals surface area contributed by atoms with Gasteiger partial charge in [-0.05, 0) is 50.3 Å². The highest BCUT2D eigenvalue weighted by Crippen LogP contribution is 2.38. The Morgan fingerprint density at radius 1 is 1.00 bits per heavy atom. The monoisotopic (exact) mass is 500 g/mol. The molecular formula is C26H40N6O4. The van der Waals surface area contributed by atoms with Crippen molar-refractivity contribution >= 4 is 23.6 Å². The van der Waals surface area contributed by atoms with E-state index in [0.29, 0.717) is 12.8 Å². The largest absolute Gasteiger partial charge is 0.346 e. The molecule has 2 unspecified atom stereocenters. The van der Waals surface area contributed by atoms with Crippen LogP contribution in [0.1, 0.15) is 38.7 Å². The Balaban J connectivity index is 1.41. The molecule has 4 amide bonds. The van der Waals surface area contributed by atoms with E-state index in [1.807, 2.05) is 44.2 Å². The van der Waals surface area contributed by atoms with Crippen LogP contribution in [0, 0.1) is 11.3 Å². The fraction of sp³-hybridized carbons (Fsp3) is 0.615. The zero-order valence-corrected chi connectivity index (χ0v) is 21.3. The molecule has 36 heavy (non-hydrogen) atoms. The number of nitrogens with zero attached hydrogens (tertiary/aromatic N) is 1. The summed E-state index contributed by atoms with van der Waals surface area (Å²) in [5, 5.41) is 11.2. The lowest BCUT2D eigenvalue weighted by molar-refractivity contribution is -0.145. The van der Waals surface area contributed by atoms with Crippen molar-refractivity contribution in [1.82, 2.24) is 26.2 Å². The Hall–Kier alpha value is -2.98. The summed E-state index contributed by atoms with van der Waals surface area (Å²) >= 11 is 0. The second-order valence-electron chi connectivity index (χ2n) is 10.5. The first-order valence-electron chi connectivity index (χ1n) is 12.8. The van der Waals surface area contributed by atoms with Crippen LogP contribution >= 0.6 is 0 Å². The Kier molecular flexibility index (Phi) is 9.83. The Morgan fingerprint density at radius 3 is 2.28 bits per heavy atom. The average molecular weight is 501 g/mol. The van der Waals surface area contributed by atoms with Crippen molar-refractivity contribution in [3.63, 3.8) is 0 Å². The number of benzene rings is 1. The third-order valence-corrected chi connectivity index (χ3v) is 6.90. The van der Waals surface area contributed by atoms with Crippen molar-refractivity contribution < 1.29 is 19.2 Å². The summed E-state index contributed by atoms with van der Waals surface area (Å²) < 4.78 is 0. The fourth-order valence-corrected chi connectivity index (χ4v) is 4.82. The van der Waals surface area contributed by atoms with Crippen LogP contribution in [0.3, 0.4) is 0 Å². The van der Waals surface area contributed by atoms with Crippen molar-refractivity contribution in [1.29, 1.82) is 0 Å². The molecule has 198 valence electrons. The topological polar surface area (TPSA) is 146 Å². The zero-order chi connectivity index (χ0) is 26.1. The van der Waals surface area contributed by atoms with Gasteiger partial charge in [-0.25, -0.2) is 0 Å². The highest BCUT2D eigenvalue weighted by atomic mass is 16.2. The van der Waals surface area contributed by atoms with Gasteiger partial charge in [-0.3, -0.25) is 19.2 Å². The molecule has 1 spiro atoms. The summed E-state index contributed by atoms with van der Waals surface area (Å²) in [6, 6.07) is 7.80. The van der Waals surface area contributed by atoms with Crippen molar-refractivity contribution in [2.75, 3.05) is 39.3 Å². The molecule has 2 atom stereocenters. The predicted molar refractivity (Wildman–Crippen MR) is 137 cm³/mol. The maximum atomic E-state index is 12.8. The molecule has 2 aliphatic heterocycles. The van der Waals surface area contributed by atoms with Crippen LogP contribution in [0.25, 0.3) is 0 Å². The van der Waals surface area contributed by atoms with E-state index in [0.717, 1.165) is 44.6 Å². The van der Waals surface area contributed by atoms with Gasteiger partial charge in [0.05, 0.1) is 19.1 Å². The van der Waals surface area contributed by atoms with Crippen LogP contribution in [0.4, 0.5) is 0 Å². The van der Waals surface area contributed by atoms with Crippen LogP contribution in [-0.2, 0) is 25.6 Å². The smallest absolute Gasteiger partial charge is 0.243 e. The number of nitrogens with one attached hydrogen (secondary N) is 4. The summed E-state index contributed by atoms with van der Waals surface area (Å²) in [6.45, 7) is 6.95. The van der Waals surface area contributed by atoms with Gasteiger partial charge in [0.1, 0.15) is 6.04 Å². The van der Waals surface area contributed by atoms with Gasteiger partial charge in [0.15, 0.2) is 0 Å². The van der Waals surface area contributed by atoms with Crippen LogP contribution in [0.15, 0.2) is 30.3 Å². The molecule has 0 saturated carbocycles. The third-order valence-electron chi connectivity index (χ3n) is 6.90. The van der Waals surface area contributed by atoms with E-state index in [-0.39, 0.29) is 30.3 Å². The Bertz CT molecular complexity index is 908. The Morgan fingerprint density at radius 2 is 1.64 bits per heavy atom. The molecule has 6 N–H and O–H groups in total. The predicted octanol–water partition coefficient (Wildman–Crippen LogP) is -0.468. The van der Waals surface area contributed by atoms with Gasteiger partial charge in [0.25, 0.3) is 0 Å². The van der Waals surface area contributed by atoms with Gasteiger partial charge in [-0.15, -0.1) is 0 Å². The standard InChI is InChI=1S/C26H40N6O4/c1-18(2)12-21(25(36)30-15-23(34)32-16-26(17-32)8-10-28-11-9-26)31-22(33)14-29-24(35)20(27)13-19-6-4-3-5-7-19/h3-7,18,20-21,28H,8-17,27H2,1-2H3,(H,29,35)(H,30,36)(H,31,33). The van der Waals surface area contributed by atoms with Crippen molar-refractivity contribution in [2.24, 2.45) is 17.1 Å². The number of carbonyl (C=O) groups is 4. The summed E-state index contributed by atoms with van der Waals surface area (Å²) in [4.78, 5) is 51.9. The zero-order valence-electron chi connectivity index (χ0n) is 21.3. The summed E-state index contributed by atoms with van der Waals surface area (Å²) in [5.41, 5.74) is 7.12. The number of hydrogen-bond acceptors (Lipinski definition) is 6. The molecule has 10 heteroatoms. The molecular weight excluding hydrogens is 460 g/mol. The first-order valence-corrected chi connectivity index (χ1v) is 12.8. The average Bonchev–Trinajstić information content (AvgIpc) is 2.84. The van der Waals surface area contributed by atoms with Gasteiger partial charge >= 0.3 is 0 Å². The lowest BCUT2D eigenvalue weighted by Crippen LogP contribution is -2.63. The number of rotatable bonds is 11. The minimum atomic E-state index is -0.799. The minimum Gasteiger partial charge on any atom is -0.346 e. The molecule has 0 aromatic heterocycles. The van der Waals surface area contributed by atoms with Gasteiger partial charge in [-0.2, -0.15) is 0 Å². The lowest BCUT2D eigenvalue weighted by atomic mass is 9.72. The lowest BCUT2D eigenvalue weighted by Gasteiger charge is -2.52. The second-order valence-corrected chi connectivity index (χ2v) is 10.5. The third kappa shape index (κ3) is 8.03. The molecule has 0 aliphatic carbocycles. The molecule has 2 saturated heterocycles. The number of amides is 4. The molecule has 2 heterocycles. The highest BCUT2D eigenvalue weighted by molar-refractivity contribution is 5.92. The Labute approximate surface area is 213 Å². The number of nitrogens with two attached hydrogens (primary N) is 1. The van der Waals surface area contributed by atoms with E-state index in [9.17, 15) is 19.2 Å². The number of piperidine rings is 1. The summed E-state index contributed by atoms with van der Waals surface area (Å²) in [7, 11) is 0. The van der Waals surface area contributed by atoms with Crippen molar-refractivity contribution in [3.8, 4) is 0 Å². The molecule has 1 aromatic carbocycles. The van der Waals surface area contributed by atoms with E-state index in [1.54, 1.807) is 4.90 Å². The SMILES string of the molecule is CC(C)CC(NC(=O)CNC(=O)C(N)Cc1ccccc1)C(=O)NCC(=O)N1CC2(CCNCC2)C1. The maximum absolute atomic E-state index is 12.8. The normalized spacial score (nSPS) is 18.2. The molecule has 3 rings (SSSR count). The van der Waals surface area contributed by atoms with Crippen LogP contribution in [0.2, 0.25) is 0 Å². The highest BCUT2D eigenvalue weighted by Gasteiger charge is 2.45. The van der Waals surface area contributed by atoms with E-state index in [4.69, 9.17) is 5.73 Å². The van der Waals surface area contributed by atoms with Crippen LogP contribution in [-0.4, -0.2) is 79.9 Å². The number of carbonyl (C=O) groups excluding carboxylic acids is 4. The fourth-order valence-electron chi connectivity index (χ4n) is 4.82. The maximum Gasteiger partial charge on any atom is 0.243 e. The molecule has 10 nitrogen and oxygen atoms in total. The summed E-state index contributed by atoms with van der Waals surface area (Å²) in [5.74, 6) is -1.30. The van der Waals surface area contributed by atoms with E-state index < -0.39 is 29.8 Å². The second kappa shape index (κ2) is 12.8. The first-order chi connectivity index (χ1) is 17.2. The van der Waals surface area contributed by atoms with Gasteiger partial charge in [0, 0.05) is 18.5 Å². The van der Waals surface area contributed by atoms with Gasteiger partial charge in [0.2, 0.25) is 23.6 Å². The van der Waals surface area contributed by atoms with E-state index >= 15 is 0 Å². The number of likely N-dealkylation sites (tertiary alicyclic amines) is 1. The van der Waals surface area contributed by atoms with Gasteiger partial charge in [-0.1, -0.05) is 44.2 Å². The molecule has 1 aromatic rings. The van der Waals surface area contributed by atoms with E-state index in [2.05, 4.69) is 21.3 Å². The minimum absolute atomic E-state index is 0.0945. The van der Waals surface area contributed by atoms with Crippen molar-refractivity contribution in [2.45, 2.75) is 51.6 Å². The van der Waals surface area contributed by atoms with Crippen molar-refractivity contribution in [3.05, 3.63) is 35.9 Å². The van der Waals surface area contributed by atoms with Crippen LogP contribution in [0.5, 0.6) is 0 Å². The van der Waals surface area contributed by atoms with Gasteiger partial charge < -0.3 is 31.9 Å². The van der Waals surface area contributed by atoms with Crippen LogP contribution < -0.4 is 27.0 Å². The molecule has 2 aliphatic rings. The van der Waals surface area contributed by atoms with E-state index in [1.165, 1.54) is 0 Å². The quantitative estimate of drug-likeness (QED) is 0.278. The molecule has 0 bridgehead atoms. The molecule has 2 fully saturated rings. The number of hydrogen-bond donors (Lipinski definition) is 5. The molecule has 0 radical (unpaired) electrons. The first kappa shape index (κ1) is 27.6. The summed E-state index contributed by atoms with van der Waals surface area (Å²) in [6.07, 6.45) is 2.90.